The number of carbonyl (C=O) groups is 1. The lowest BCUT2D eigenvalue weighted by Gasteiger charge is -2.62. The molecule has 0 aliphatic heterocycles. The lowest BCUT2D eigenvalue weighted by atomic mass is 9.45. The maximum absolute atomic E-state index is 11.3. The molecule has 156 valence electrons. The van der Waals surface area contributed by atoms with Crippen molar-refractivity contribution in [1.82, 2.24) is 5.32 Å². The number of carbonyl (C=O) groups excluding carboxylic acids is 1. The molecule has 4 fully saturated rings. The van der Waals surface area contributed by atoms with Gasteiger partial charge in [0.1, 0.15) is 0 Å². The smallest absolute Gasteiger partial charge is 0.330 e. The average molecular weight is 402 g/mol. The fourth-order valence-electron chi connectivity index (χ4n) is 6.87. The van der Waals surface area contributed by atoms with Gasteiger partial charge < -0.3 is 10.1 Å². The normalized spacial score (nSPS) is 31.9. The number of nitrogens with one attached hydrogen (secondary N) is 1. The van der Waals surface area contributed by atoms with Crippen LogP contribution in [0.4, 0.5) is 0 Å². The van der Waals surface area contributed by atoms with E-state index < -0.39 is 0 Å². The largest absolute Gasteiger partial charge is 0.466 e. The van der Waals surface area contributed by atoms with Gasteiger partial charge in [-0.3, -0.25) is 0 Å². The Kier molecular flexibility index (Phi) is 5.02. The number of rotatable bonds is 6. The van der Waals surface area contributed by atoms with Crippen LogP contribution in [-0.4, -0.2) is 18.6 Å². The van der Waals surface area contributed by atoms with Gasteiger partial charge in [0.05, 0.1) is 7.11 Å². The number of methoxy groups -OCH3 is 1. The minimum atomic E-state index is -0.324. The zero-order valence-electron chi connectivity index (χ0n) is 17.8. The van der Waals surface area contributed by atoms with Gasteiger partial charge in [0.15, 0.2) is 0 Å². The second-order valence-electron chi connectivity index (χ2n) is 9.84. The van der Waals surface area contributed by atoms with Crippen molar-refractivity contribution in [2.24, 2.45) is 11.8 Å². The van der Waals surface area contributed by atoms with Gasteiger partial charge in [0.25, 0.3) is 0 Å². The van der Waals surface area contributed by atoms with E-state index in [9.17, 15) is 4.79 Å². The van der Waals surface area contributed by atoms with Gasteiger partial charge in [-0.15, -0.1) is 0 Å². The summed E-state index contributed by atoms with van der Waals surface area (Å²) in [7, 11) is 1.40. The molecule has 4 aliphatic carbocycles. The van der Waals surface area contributed by atoms with Crippen molar-refractivity contribution >= 4 is 12.0 Å². The van der Waals surface area contributed by atoms with E-state index in [0.29, 0.717) is 5.41 Å². The van der Waals surface area contributed by atoms with E-state index >= 15 is 0 Å². The van der Waals surface area contributed by atoms with Crippen LogP contribution in [0.1, 0.15) is 55.2 Å². The summed E-state index contributed by atoms with van der Waals surface area (Å²) < 4.78 is 4.66. The van der Waals surface area contributed by atoms with Gasteiger partial charge in [-0.2, -0.15) is 0 Å². The van der Waals surface area contributed by atoms with Crippen LogP contribution < -0.4 is 5.32 Å². The number of hydrogen-bond donors (Lipinski definition) is 1. The molecule has 4 aliphatic rings. The molecule has 3 heteroatoms. The third-order valence-corrected chi connectivity index (χ3v) is 7.71. The zero-order chi connectivity index (χ0) is 20.6. The molecule has 3 nitrogen and oxygen atoms in total. The monoisotopic (exact) mass is 401 g/mol. The topological polar surface area (TPSA) is 38.3 Å². The Bertz CT molecular complexity index is 917. The van der Waals surface area contributed by atoms with E-state index in [1.807, 2.05) is 0 Å². The Morgan fingerprint density at radius 2 is 1.73 bits per heavy atom. The number of benzene rings is 2. The molecule has 0 amide bonds. The van der Waals surface area contributed by atoms with Crippen LogP contribution in [0.15, 0.2) is 60.7 Å². The molecule has 0 heterocycles. The first kappa shape index (κ1) is 19.6. The van der Waals surface area contributed by atoms with E-state index in [4.69, 9.17) is 0 Å². The predicted octanol–water partition coefficient (Wildman–Crippen LogP) is 5.25. The van der Waals surface area contributed by atoms with Crippen LogP contribution in [0.3, 0.4) is 0 Å². The Morgan fingerprint density at radius 3 is 2.40 bits per heavy atom. The highest BCUT2D eigenvalue weighted by Gasteiger charge is 2.57. The second-order valence-corrected chi connectivity index (χ2v) is 9.84. The van der Waals surface area contributed by atoms with Crippen LogP contribution >= 0.6 is 0 Å². The molecule has 6 rings (SSSR count). The van der Waals surface area contributed by atoms with Crippen LogP contribution in [0, 0.1) is 11.8 Å². The highest BCUT2D eigenvalue weighted by Crippen LogP contribution is 2.62. The molecule has 2 aromatic carbocycles. The average Bonchev–Trinajstić information content (AvgIpc) is 2.76. The maximum atomic E-state index is 11.3. The summed E-state index contributed by atoms with van der Waals surface area (Å²) >= 11 is 0. The Hall–Kier alpha value is -2.39. The first-order chi connectivity index (χ1) is 14.6. The van der Waals surface area contributed by atoms with Gasteiger partial charge in [0, 0.05) is 18.2 Å². The molecular weight excluding hydrogens is 370 g/mol. The van der Waals surface area contributed by atoms with Crippen molar-refractivity contribution < 1.29 is 9.53 Å². The minimum Gasteiger partial charge on any atom is -0.466 e. The second kappa shape index (κ2) is 7.70. The van der Waals surface area contributed by atoms with Crippen LogP contribution in [0.5, 0.6) is 0 Å². The standard InChI is InChI=1S/C27H31NO2/c1-30-25(29)12-11-20-7-9-21(10-8-20)18-28-27-16-22-13-23(17-27)15-26(14-22,19-27)24-5-3-2-4-6-24/h2-12,22-23,28H,13-19H2,1H3/b12-11+/t22-,23+,26?,27?. The summed E-state index contributed by atoms with van der Waals surface area (Å²) in [4.78, 5) is 11.3. The van der Waals surface area contributed by atoms with Crippen molar-refractivity contribution in [1.29, 1.82) is 0 Å². The number of esters is 1. The fraction of sp³-hybridized carbons (Fsp3) is 0.444. The molecule has 0 saturated heterocycles. The van der Waals surface area contributed by atoms with Crippen molar-refractivity contribution in [2.45, 2.75) is 56.0 Å². The SMILES string of the molecule is COC(=O)/C=C/c1ccc(CNC23C[C@H]4C[C@@H](C2)CC(c2ccccc2)(C4)C3)cc1. The van der Waals surface area contributed by atoms with E-state index in [-0.39, 0.29) is 11.5 Å². The molecule has 4 bridgehead atoms. The molecular formula is C27H31NO2. The third kappa shape index (κ3) is 3.72. The van der Waals surface area contributed by atoms with E-state index in [0.717, 1.165) is 23.9 Å². The number of ether oxygens (including phenoxy) is 1. The predicted molar refractivity (Wildman–Crippen MR) is 120 cm³/mol. The van der Waals surface area contributed by atoms with Crippen LogP contribution in [0.2, 0.25) is 0 Å². The summed E-state index contributed by atoms with van der Waals surface area (Å²) in [5.74, 6) is 1.41. The summed E-state index contributed by atoms with van der Waals surface area (Å²) in [6.45, 7) is 0.908. The van der Waals surface area contributed by atoms with Gasteiger partial charge in [-0.25, -0.2) is 4.79 Å². The number of hydrogen-bond acceptors (Lipinski definition) is 3. The lowest BCUT2D eigenvalue weighted by molar-refractivity contribution is -0.134. The third-order valence-electron chi connectivity index (χ3n) is 7.71. The molecule has 1 N–H and O–H groups in total. The van der Waals surface area contributed by atoms with Crippen molar-refractivity contribution in [3.63, 3.8) is 0 Å². The first-order valence-electron chi connectivity index (χ1n) is 11.2. The Morgan fingerprint density at radius 1 is 1.03 bits per heavy atom. The molecule has 30 heavy (non-hydrogen) atoms. The van der Waals surface area contributed by atoms with Crippen LogP contribution in [-0.2, 0) is 21.5 Å². The lowest BCUT2D eigenvalue weighted by Crippen LogP contribution is -2.63. The maximum Gasteiger partial charge on any atom is 0.330 e. The van der Waals surface area contributed by atoms with Crippen molar-refractivity contribution in [3.05, 3.63) is 77.4 Å². The Labute approximate surface area is 179 Å². The molecule has 0 radical (unpaired) electrons. The van der Waals surface area contributed by atoms with Gasteiger partial charge in [-0.1, -0.05) is 54.6 Å². The summed E-state index contributed by atoms with van der Waals surface area (Å²) in [6.07, 6.45) is 11.4. The van der Waals surface area contributed by atoms with E-state index in [2.05, 4.69) is 64.7 Å². The van der Waals surface area contributed by atoms with Gasteiger partial charge in [0.2, 0.25) is 0 Å². The fourth-order valence-corrected chi connectivity index (χ4v) is 6.87. The molecule has 2 unspecified atom stereocenters. The van der Waals surface area contributed by atoms with Crippen molar-refractivity contribution in [3.8, 4) is 0 Å². The molecule has 0 aromatic heterocycles. The highest BCUT2D eigenvalue weighted by atomic mass is 16.5. The molecule has 4 atom stereocenters. The summed E-state index contributed by atoms with van der Waals surface area (Å²) in [6, 6.07) is 19.8. The highest BCUT2D eigenvalue weighted by molar-refractivity contribution is 5.86. The van der Waals surface area contributed by atoms with E-state index in [1.54, 1.807) is 11.6 Å². The van der Waals surface area contributed by atoms with Crippen molar-refractivity contribution in [2.75, 3.05) is 7.11 Å². The van der Waals surface area contributed by atoms with E-state index in [1.165, 1.54) is 57.3 Å². The molecule has 4 saturated carbocycles. The van der Waals surface area contributed by atoms with Gasteiger partial charge >= 0.3 is 5.97 Å². The zero-order valence-corrected chi connectivity index (χ0v) is 17.8. The first-order valence-corrected chi connectivity index (χ1v) is 11.2. The summed E-state index contributed by atoms with van der Waals surface area (Å²) in [5.41, 5.74) is 4.54. The quantitative estimate of drug-likeness (QED) is 0.530. The summed E-state index contributed by atoms with van der Waals surface area (Å²) in [5, 5.41) is 4.02. The Balaban J connectivity index is 1.29. The van der Waals surface area contributed by atoms with Gasteiger partial charge in [-0.05, 0) is 78.5 Å². The van der Waals surface area contributed by atoms with Crippen LogP contribution in [0.25, 0.3) is 6.08 Å². The molecule has 2 aromatic rings. The molecule has 0 spiro atoms. The minimum absolute atomic E-state index is 0.281.